The molecule has 1 amide bonds. The Morgan fingerprint density at radius 3 is 2.39 bits per heavy atom. The molecule has 1 aromatic rings. The van der Waals surface area contributed by atoms with Gasteiger partial charge >= 0.3 is 6.09 Å². The van der Waals surface area contributed by atoms with Crippen LogP contribution in [0.2, 0.25) is 0 Å². The first-order chi connectivity index (χ1) is 10.7. The van der Waals surface area contributed by atoms with Gasteiger partial charge in [-0.05, 0) is 51.3 Å². The van der Waals surface area contributed by atoms with Gasteiger partial charge in [0.15, 0.2) is 0 Å². The third-order valence-electron chi connectivity index (χ3n) is 3.92. The predicted molar refractivity (Wildman–Crippen MR) is 91.0 cm³/mol. The summed E-state index contributed by atoms with van der Waals surface area (Å²) >= 11 is 0. The van der Waals surface area contributed by atoms with Crippen LogP contribution in [0.1, 0.15) is 43.5 Å². The highest BCUT2D eigenvalue weighted by Crippen LogP contribution is 2.28. The van der Waals surface area contributed by atoms with Gasteiger partial charge in [-0.2, -0.15) is 0 Å². The van der Waals surface area contributed by atoms with E-state index < -0.39 is 5.60 Å². The molecule has 1 aromatic carbocycles. The van der Waals surface area contributed by atoms with Gasteiger partial charge < -0.3 is 19.7 Å². The van der Waals surface area contributed by atoms with E-state index in [0.29, 0.717) is 13.1 Å². The molecule has 0 aliphatic carbocycles. The average Bonchev–Trinajstić information content (AvgIpc) is 2.45. The summed E-state index contributed by atoms with van der Waals surface area (Å²) in [6.07, 6.45) is -0.244. The molecule has 1 fully saturated rings. The lowest BCUT2D eigenvalue weighted by atomic mass is 9.98. The third-order valence-corrected chi connectivity index (χ3v) is 3.92. The Kier molecular flexibility index (Phi) is 5.19. The fraction of sp³-hybridized carbons (Fsp3) is 0.611. The summed E-state index contributed by atoms with van der Waals surface area (Å²) in [5.74, 6) is 0.925. The zero-order valence-electron chi connectivity index (χ0n) is 15.0. The Morgan fingerprint density at radius 1 is 1.26 bits per heavy atom. The molecule has 1 N–H and O–H groups in total. The fourth-order valence-electron chi connectivity index (χ4n) is 2.97. The number of carbonyl (C=O) groups excluding carboxylic acids is 1. The van der Waals surface area contributed by atoms with Crippen LogP contribution < -0.4 is 10.1 Å². The number of piperazine rings is 1. The molecule has 0 saturated carbocycles. The number of amides is 1. The van der Waals surface area contributed by atoms with Crippen molar-refractivity contribution in [2.24, 2.45) is 0 Å². The maximum atomic E-state index is 12.3. The third kappa shape index (κ3) is 4.38. The molecule has 1 saturated heterocycles. The van der Waals surface area contributed by atoms with E-state index >= 15 is 0 Å². The van der Waals surface area contributed by atoms with Crippen LogP contribution in [0, 0.1) is 13.8 Å². The highest BCUT2D eigenvalue weighted by molar-refractivity contribution is 5.68. The van der Waals surface area contributed by atoms with Crippen LogP contribution in [0.3, 0.4) is 0 Å². The van der Waals surface area contributed by atoms with E-state index in [4.69, 9.17) is 9.47 Å². The normalized spacial score (nSPS) is 18.7. The maximum Gasteiger partial charge on any atom is 0.410 e. The highest BCUT2D eigenvalue weighted by Gasteiger charge is 2.28. The predicted octanol–water partition coefficient (Wildman–Crippen LogP) is 3.19. The molecule has 128 valence electrons. The number of ether oxygens (including phenoxy) is 2. The zero-order chi connectivity index (χ0) is 17.2. The van der Waals surface area contributed by atoms with E-state index in [1.165, 1.54) is 5.56 Å². The Hall–Kier alpha value is -1.75. The molecule has 1 atom stereocenters. The van der Waals surface area contributed by atoms with Gasteiger partial charge in [0, 0.05) is 19.6 Å². The van der Waals surface area contributed by atoms with Crippen molar-refractivity contribution < 1.29 is 14.3 Å². The Balaban J connectivity index is 2.14. The van der Waals surface area contributed by atoms with Gasteiger partial charge in [-0.25, -0.2) is 4.79 Å². The van der Waals surface area contributed by atoms with Crippen LogP contribution in [0.5, 0.6) is 5.75 Å². The summed E-state index contributed by atoms with van der Waals surface area (Å²) in [6, 6.07) is 4.36. The van der Waals surface area contributed by atoms with Crippen molar-refractivity contribution in [3.8, 4) is 5.75 Å². The number of hydrogen-bond acceptors (Lipinski definition) is 4. The zero-order valence-corrected chi connectivity index (χ0v) is 15.0. The second-order valence-corrected chi connectivity index (χ2v) is 7.12. The number of rotatable bonds is 2. The van der Waals surface area contributed by atoms with Crippen molar-refractivity contribution >= 4 is 6.09 Å². The molecule has 1 aliphatic rings. The van der Waals surface area contributed by atoms with E-state index in [1.54, 1.807) is 12.0 Å². The largest absolute Gasteiger partial charge is 0.496 e. The molecule has 23 heavy (non-hydrogen) atoms. The monoisotopic (exact) mass is 320 g/mol. The van der Waals surface area contributed by atoms with Crippen molar-refractivity contribution in [2.75, 3.05) is 26.7 Å². The molecule has 1 heterocycles. The van der Waals surface area contributed by atoms with Gasteiger partial charge in [0.25, 0.3) is 0 Å². The van der Waals surface area contributed by atoms with Crippen LogP contribution in [0.4, 0.5) is 4.79 Å². The second-order valence-electron chi connectivity index (χ2n) is 7.12. The molecular formula is C18H28N2O3. The Bertz CT molecular complexity index is 555. The summed E-state index contributed by atoms with van der Waals surface area (Å²) in [7, 11) is 1.69. The lowest BCUT2D eigenvalue weighted by Gasteiger charge is -2.35. The first-order valence-electron chi connectivity index (χ1n) is 8.07. The van der Waals surface area contributed by atoms with E-state index in [1.807, 2.05) is 34.6 Å². The summed E-state index contributed by atoms with van der Waals surface area (Å²) in [5, 5.41) is 3.48. The molecule has 1 unspecified atom stereocenters. The van der Waals surface area contributed by atoms with Crippen LogP contribution in [0.15, 0.2) is 12.1 Å². The summed E-state index contributed by atoms with van der Waals surface area (Å²) in [6.45, 7) is 11.8. The average molecular weight is 320 g/mol. The SMILES string of the molecule is COc1c(C)cc(C2CN(C(=O)OC(C)(C)C)CCN2)cc1C. The van der Waals surface area contributed by atoms with E-state index in [2.05, 4.69) is 17.4 Å². The number of carbonyl (C=O) groups is 1. The Morgan fingerprint density at radius 2 is 1.87 bits per heavy atom. The van der Waals surface area contributed by atoms with Gasteiger partial charge in [-0.1, -0.05) is 12.1 Å². The van der Waals surface area contributed by atoms with E-state index in [0.717, 1.165) is 23.4 Å². The topological polar surface area (TPSA) is 50.8 Å². The van der Waals surface area contributed by atoms with Crippen LogP contribution in [-0.2, 0) is 4.74 Å². The van der Waals surface area contributed by atoms with Crippen molar-refractivity contribution in [2.45, 2.75) is 46.3 Å². The minimum absolute atomic E-state index is 0.111. The van der Waals surface area contributed by atoms with Crippen LogP contribution in [0.25, 0.3) is 0 Å². The summed E-state index contributed by atoms with van der Waals surface area (Å²) in [4.78, 5) is 14.1. The van der Waals surface area contributed by atoms with Gasteiger partial charge in [0.05, 0.1) is 13.2 Å². The molecule has 0 radical (unpaired) electrons. The van der Waals surface area contributed by atoms with Crippen molar-refractivity contribution in [1.82, 2.24) is 10.2 Å². The molecule has 0 bridgehead atoms. The summed E-state index contributed by atoms with van der Waals surface area (Å²) in [5.41, 5.74) is 2.93. The van der Waals surface area contributed by atoms with Crippen LogP contribution in [-0.4, -0.2) is 43.3 Å². The van der Waals surface area contributed by atoms with Crippen molar-refractivity contribution in [3.05, 3.63) is 28.8 Å². The number of hydrogen-bond donors (Lipinski definition) is 1. The minimum Gasteiger partial charge on any atom is -0.496 e. The standard InChI is InChI=1S/C18H28N2O3/c1-12-9-14(10-13(2)16(12)22-6)15-11-20(8-7-19-15)17(21)23-18(3,4)5/h9-10,15,19H,7-8,11H2,1-6H3. The maximum absolute atomic E-state index is 12.3. The second kappa shape index (κ2) is 6.79. The van der Waals surface area contributed by atoms with E-state index in [-0.39, 0.29) is 12.1 Å². The van der Waals surface area contributed by atoms with Crippen molar-refractivity contribution in [1.29, 1.82) is 0 Å². The van der Waals surface area contributed by atoms with Gasteiger partial charge in [0.1, 0.15) is 11.4 Å². The number of nitrogens with zero attached hydrogens (tertiary/aromatic N) is 1. The molecule has 0 aromatic heterocycles. The molecule has 0 spiro atoms. The number of methoxy groups -OCH3 is 1. The number of aryl methyl sites for hydroxylation is 2. The smallest absolute Gasteiger partial charge is 0.410 e. The highest BCUT2D eigenvalue weighted by atomic mass is 16.6. The molecule has 5 heteroatoms. The molecule has 2 rings (SSSR count). The fourth-order valence-corrected chi connectivity index (χ4v) is 2.97. The van der Waals surface area contributed by atoms with Crippen molar-refractivity contribution in [3.63, 3.8) is 0 Å². The minimum atomic E-state index is -0.468. The summed E-state index contributed by atoms with van der Waals surface area (Å²) < 4.78 is 10.9. The first kappa shape index (κ1) is 17.6. The van der Waals surface area contributed by atoms with Gasteiger partial charge in [-0.3, -0.25) is 0 Å². The number of benzene rings is 1. The lowest BCUT2D eigenvalue weighted by Crippen LogP contribution is -2.49. The number of nitrogens with one attached hydrogen (secondary N) is 1. The van der Waals surface area contributed by atoms with Crippen LogP contribution >= 0.6 is 0 Å². The van der Waals surface area contributed by atoms with E-state index in [9.17, 15) is 4.79 Å². The quantitative estimate of drug-likeness (QED) is 0.909. The molecule has 5 nitrogen and oxygen atoms in total. The first-order valence-corrected chi connectivity index (χ1v) is 8.07. The lowest BCUT2D eigenvalue weighted by molar-refractivity contribution is 0.0195. The molecular weight excluding hydrogens is 292 g/mol. The van der Waals surface area contributed by atoms with Gasteiger partial charge in [-0.15, -0.1) is 0 Å². The van der Waals surface area contributed by atoms with Gasteiger partial charge in [0.2, 0.25) is 0 Å². The molecule has 1 aliphatic heterocycles. The Labute approximate surface area is 139 Å².